The molecule has 3 aromatic rings. The molecule has 0 fully saturated rings. The summed E-state index contributed by atoms with van der Waals surface area (Å²) in [5.41, 5.74) is 2.45. The van der Waals surface area contributed by atoms with Crippen molar-refractivity contribution in [3.05, 3.63) is 41.6 Å². The minimum absolute atomic E-state index is 0.234. The first kappa shape index (κ1) is 20.2. The van der Waals surface area contributed by atoms with Crippen LogP contribution in [0.15, 0.2) is 36.4 Å². The molecule has 0 aliphatic rings. The molecular formula is C20H27N5O3. The van der Waals surface area contributed by atoms with Gasteiger partial charge < -0.3 is 25.5 Å². The fraction of sp³-hybridized carbons (Fsp3) is 0.350. The van der Waals surface area contributed by atoms with Gasteiger partial charge in [0.15, 0.2) is 5.69 Å². The van der Waals surface area contributed by atoms with Crippen LogP contribution in [-0.4, -0.2) is 62.5 Å². The van der Waals surface area contributed by atoms with Gasteiger partial charge in [0.2, 0.25) is 0 Å². The van der Waals surface area contributed by atoms with Gasteiger partial charge in [0.25, 0.3) is 0 Å². The Bertz CT molecular complexity index is 946. The summed E-state index contributed by atoms with van der Waals surface area (Å²) in [6, 6.07) is 10.8. The van der Waals surface area contributed by atoms with Crippen LogP contribution >= 0.6 is 0 Å². The van der Waals surface area contributed by atoms with E-state index in [9.17, 15) is 10.4 Å². The van der Waals surface area contributed by atoms with Crippen molar-refractivity contribution in [1.29, 1.82) is 0 Å². The molecule has 4 N–H and O–H groups in total. The minimum atomic E-state index is -0.971. The normalized spacial score (nSPS) is 12.6. The summed E-state index contributed by atoms with van der Waals surface area (Å²) in [6.07, 6.45) is 0. The summed E-state index contributed by atoms with van der Waals surface area (Å²) >= 11 is 0. The maximum atomic E-state index is 11.8. The van der Waals surface area contributed by atoms with E-state index in [1.165, 1.54) is 0 Å². The molecule has 1 unspecified atom stereocenters. The molecule has 8 nitrogen and oxygen atoms in total. The van der Waals surface area contributed by atoms with E-state index in [1.54, 1.807) is 19.2 Å². The van der Waals surface area contributed by atoms with E-state index < -0.39 is 5.23 Å². The number of nitrogens with zero attached hydrogens (tertiary/aromatic N) is 2. The molecule has 0 amide bonds. The van der Waals surface area contributed by atoms with E-state index in [2.05, 4.69) is 20.5 Å². The number of hydrogen-bond donors (Lipinski definition) is 4. The average Bonchev–Trinajstić information content (AvgIpc) is 2.68. The predicted octanol–water partition coefficient (Wildman–Crippen LogP) is 1.36. The first-order valence-electron chi connectivity index (χ1n) is 9.24. The van der Waals surface area contributed by atoms with Crippen LogP contribution in [0, 0.1) is 5.21 Å². The van der Waals surface area contributed by atoms with Crippen molar-refractivity contribution < 1.29 is 15.2 Å². The van der Waals surface area contributed by atoms with Crippen LogP contribution < -0.4 is 20.6 Å². The largest absolute Gasteiger partial charge is 0.595 e. The molecule has 3 rings (SSSR count). The van der Waals surface area contributed by atoms with Crippen molar-refractivity contribution in [2.75, 3.05) is 52.7 Å². The second-order valence-electron chi connectivity index (χ2n) is 6.85. The van der Waals surface area contributed by atoms with E-state index in [1.807, 2.05) is 38.4 Å². The lowest BCUT2D eigenvalue weighted by atomic mass is 10.1. The Kier molecular flexibility index (Phi) is 6.61. The third-order valence-electron chi connectivity index (χ3n) is 4.58. The molecule has 0 aliphatic heterocycles. The quantitative estimate of drug-likeness (QED) is 0.251. The Morgan fingerprint density at radius 2 is 1.96 bits per heavy atom. The van der Waals surface area contributed by atoms with Crippen LogP contribution in [0.2, 0.25) is 0 Å². The molecular weight excluding hydrogens is 358 g/mol. The number of nitrogens with one attached hydrogen (secondary N) is 3. The first-order chi connectivity index (χ1) is 13.5. The van der Waals surface area contributed by atoms with Crippen molar-refractivity contribution >= 4 is 33.2 Å². The van der Waals surface area contributed by atoms with Gasteiger partial charge in [-0.25, -0.2) is 10.2 Å². The number of ether oxygens (including phenoxy) is 1. The monoisotopic (exact) mass is 385 g/mol. The Hall–Kier alpha value is -2.49. The van der Waals surface area contributed by atoms with E-state index in [0.29, 0.717) is 23.2 Å². The average molecular weight is 385 g/mol. The number of likely N-dealkylation sites (N-methyl/N-ethyl adjacent to an activating group) is 1. The second-order valence-corrected chi connectivity index (χ2v) is 6.85. The maximum Gasteiger partial charge on any atom is 0.175 e. The van der Waals surface area contributed by atoms with Crippen molar-refractivity contribution in [3.8, 4) is 5.75 Å². The molecule has 2 aromatic carbocycles. The van der Waals surface area contributed by atoms with Gasteiger partial charge in [0.1, 0.15) is 5.75 Å². The number of aromatic nitrogens is 1. The van der Waals surface area contributed by atoms with Crippen LogP contribution in [0.5, 0.6) is 5.75 Å². The summed E-state index contributed by atoms with van der Waals surface area (Å²) in [6.45, 7) is 3.27. The van der Waals surface area contributed by atoms with Crippen LogP contribution in [0.1, 0.15) is 0 Å². The Morgan fingerprint density at radius 1 is 1.14 bits per heavy atom. The standard InChI is InChI=1S/C20H27N5O3/c1-24(2)12-11-21-9-10-22-20-15-13-14(28-3)7-8-16(15)23-17-5-4-6-18(19(17)20)25(26)27/h4-8,13,21,25-26H,9-12H2,1-3H3,(H,22,23). The topological polar surface area (TPSA) is 97.2 Å². The number of hydrogen-bond acceptors (Lipinski definition) is 7. The van der Waals surface area contributed by atoms with E-state index >= 15 is 0 Å². The maximum absolute atomic E-state index is 11.8. The van der Waals surface area contributed by atoms with Crippen molar-refractivity contribution in [3.63, 3.8) is 0 Å². The molecule has 0 saturated carbocycles. The third kappa shape index (κ3) is 4.49. The zero-order valence-corrected chi connectivity index (χ0v) is 16.5. The highest BCUT2D eigenvalue weighted by Gasteiger charge is 2.16. The molecule has 1 heterocycles. The van der Waals surface area contributed by atoms with E-state index in [0.717, 1.165) is 36.2 Å². The molecule has 0 radical (unpaired) electrons. The fourth-order valence-electron chi connectivity index (χ4n) is 3.17. The van der Waals surface area contributed by atoms with Gasteiger partial charge in [-0.1, -0.05) is 6.07 Å². The summed E-state index contributed by atoms with van der Waals surface area (Å²) in [5, 5.41) is 28.8. The Labute approximate surface area is 164 Å². The number of pyridine rings is 1. The van der Waals surface area contributed by atoms with Crippen molar-refractivity contribution in [1.82, 2.24) is 15.2 Å². The number of methoxy groups -OCH3 is 1. The Balaban J connectivity index is 1.99. The molecule has 1 atom stereocenters. The highest BCUT2D eigenvalue weighted by Crippen LogP contribution is 2.35. The van der Waals surface area contributed by atoms with Crippen LogP contribution in [-0.2, 0) is 0 Å². The van der Waals surface area contributed by atoms with Crippen LogP contribution in [0.4, 0.5) is 11.4 Å². The fourth-order valence-corrected chi connectivity index (χ4v) is 3.17. The molecule has 0 saturated heterocycles. The van der Waals surface area contributed by atoms with Gasteiger partial charge in [-0.15, -0.1) is 0 Å². The summed E-state index contributed by atoms with van der Waals surface area (Å²) < 4.78 is 5.36. The first-order valence-corrected chi connectivity index (χ1v) is 9.24. The molecule has 8 heteroatoms. The van der Waals surface area contributed by atoms with Gasteiger partial charge in [0, 0.05) is 37.6 Å². The van der Waals surface area contributed by atoms with Gasteiger partial charge in [0.05, 0.1) is 29.2 Å². The highest BCUT2D eigenvalue weighted by atomic mass is 16.8. The van der Waals surface area contributed by atoms with Gasteiger partial charge in [-0.2, -0.15) is 5.23 Å². The third-order valence-corrected chi connectivity index (χ3v) is 4.58. The van der Waals surface area contributed by atoms with Gasteiger partial charge in [-0.05, 0) is 38.4 Å². The zero-order chi connectivity index (χ0) is 20.1. The number of fused-ring (bicyclic) bond motifs is 2. The predicted molar refractivity (Wildman–Crippen MR) is 111 cm³/mol. The molecule has 0 aliphatic carbocycles. The van der Waals surface area contributed by atoms with Crippen molar-refractivity contribution in [2.24, 2.45) is 0 Å². The zero-order valence-electron chi connectivity index (χ0n) is 16.5. The number of quaternary nitrogens is 1. The number of anilines is 1. The van der Waals surface area contributed by atoms with E-state index in [-0.39, 0.29) is 5.69 Å². The minimum Gasteiger partial charge on any atom is -0.595 e. The lowest BCUT2D eigenvalue weighted by molar-refractivity contribution is -0.990. The van der Waals surface area contributed by atoms with Crippen LogP contribution in [0.3, 0.4) is 0 Å². The van der Waals surface area contributed by atoms with Gasteiger partial charge >= 0.3 is 0 Å². The molecule has 0 bridgehead atoms. The summed E-state index contributed by atoms with van der Waals surface area (Å²) in [5.74, 6) is 0.702. The summed E-state index contributed by atoms with van der Waals surface area (Å²) in [4.78, 5) is 6.77. The van der Waals surface area contributed by atoms with Crippen molar-refractivity contribution in [2.45, 2.75) is 0 Å². The number of benzene rings is 2. The molecule has 28 heavy (non-hydrogen) atoms. The smallest absolute Gasteiger partial charge is 0.175 e. The number of rotatable bonds is 9. The van der Waals surface area contributed by atoms with Gasteiger partial charge in [-0.3, -0.25) is 0 Å². The van der Waals surface area contributed by atoms with E-state index in [4.69, 9.17) is 4.74 Å². The van der Waals surface area contributed by atoms with Crippen LogP contribution in [0.25, 0.3) is 21.8 Å². The lowest BCUT2D eigenvalue weighted by Gasteiger charge is -2.19. The lowest BCUT2D eigenvalue weighted by Crippen LogP contribution is -2.99. The molecule has 1 aromatic heterocycles. The molecule has 0 spiro atoms. The SMILES string of the molecule is COc1ccc2nc3cccc([NH+]([O-])O)c3c(NCCNCCN(C)C)c2c1. The summed E-state index contributed by atoms with van der Waals surface area (Å²) in [7, 11) is 5.69. The Morgan fingerprint density at radius 3 is 2.68 bits per heavy atom. The second kappa shape index (κ2) is 9.13. The molecule has 150 valence electrons. The highest BCUT2D eigenvalue weighted by molar-refractivity contribution is 6.11.